The summed E-state index contributed by atoms with van der Waals surface area (Å²) in [6.45, 7) is 4.72. The van der Waals surface area contributed by atoms with Gasteiger partial charge in [0.25, 0.3) is 0 Å². The van der Waals surface area contributed by atoms with E-state index in [1.165, 1.54) is 154 Å². The molecule has 0 spiro atoms. The molecule has 44 heavy (non-hydrogen) atoms. The molecule has 0 bridgehead atoms. The van der Waals surface area contributed by atoms with E-state index in [2.05, 4.69) is 48.6 Å². The van der Waals surface area contributed by atoms with Gasteiger partial charge in [0.2, 0.25) is 0 Å². The number of esters is 2. The molecule has 0 aromatic carbocycles. The maximum atomic E-state index is 12.2. The Kier molecular flexibility index (Phi) is 36.4. The fourth-order valence-corrected chi connectivity index (χ4v) is 6.03. The summed E-state index contributed by atoms with van der Waals surface area (Å²) in [6, 6.07) is 0. The standard InChI is InChI=1S/C39H73IO4/c1-3-5-7-9-11-13-15-17-19-21-23-25-27-29-31-33-38(41)43-36-37(35-40)44-39(42)34-32-30-28-26-24-22-20-18-16-14-12-10-8-6-4-2/h17,19,37H,3-16,18,20-36H2,1-2H3/b19-17-/t37-/m0/s1. The Morgan fingerprint density at radius 3 is 1.23 bits per heavy atom. The SMILES string of the molecule is CCCCCCCC/C=C\CCCCCCCC(=O)OC[C@H](CI)OC(=O)CCCCCCCCCCCCCCCCC. The lowest BCUT2D eigenvalue weighted by Gasteiger charge is -2.15. The molecule has 0 saturated heterocycles. The molecular weight excluding hydrogens is 659 g/mol. The van der Waals surface area contributed by atoms with Crippen LogP contribution in [-0.2, 0) is 19.1 Å². The van der Waals surface area contributed by atoms with Crippen molar-refractivity contribution in [1.29, 1.82) is 0 Å². The summed E-state index contributed by atoms with van der Waals surface area (Å²) in [5.41, 5.74) is 0. The molecular formula is C39H73IO4. The maximum absolute atomic E-state index is 12.2. The van der Waals surface area contributed by atoms with Gasteiger partial charge in [0.15, 0.2) is 0 Å². The number of hydrogen-bond acceptors (Lipinski definition) is 4. The van der Waals surface area contributed by atoms with Gasteiger partial charge in [-0.15, -0.1) is 0 Å². The van der Waals surface area contributed by atoms with Gasteiger partial charge in [-0.25, -0.2) is 0 Å². The molecule has 0 radical (unpaired) electrons. The van der Waals surface area contributed by atoms with Crippen LogP contribution >= 0.6 is 22.6 Å². The molecule has 0 aromatic heterocycles. The number of alkyl halides is 1. The van der Waals surface area contributed by atoms with Crippen molar-refractivity contribution in [2.45, 2.75) is 213 Å². The average Bonchev–Trinajstić information content (AvgIpc) is 3.02. The molecule has 0 unspecified atom stereocenters. The zero-order valence-electron chi connectivity index (χ0n) is 29.4. The molecule has 260 valence electrons. The van der Waals surface area contributed by atoms with Gasteiger partial charge in [0, 0.05) is 17.3 Å². The van der Waals surface area contributed by atoms with Crippen molar-refractivity contribution in [2.75, 3.05) is 11.0 Å². The summed E-state index contributed by atoms with van der Waals surface area (Å²) in [4.78, 5) is 24.4. The van der Waals surface area contributed by atoms with Gasteiger partial charge in [0.1, 0.15) is 12.7 Å². The van der Waals surface area contributed by atoms with E-state index in [1.54, 1.807) is 0 Å². The third-order valence-electron chi connectivity index (χ3n) is 8.53. The summed E-state index contributed by atoms with van der Waals surface area (Å²) in [6.07, 6.45) is 41.2. The van der Waals surface area contributed by atoms with Crippen LogP contribution in [0.3, 0.4) is 0 Å². The number of rotatable bonds is 35. The molecule has 5 heteroatoms. The highest BCUT2D eigenvalue weighted by atomic mass is 127. The van der Waals surface area contributed by atoms with Crippen LogP contribution in [0.15, 0.2) is 12.2 Å². The van der Waals surface area contributed by atoms with Crippen molar-refractivity contribution in [3.05, 3.63) is 12.2 Å². The molecule has 0 aliphatic carbocycles. The van der Waals surface area contributed by atoms with Gasteiger partial charge >= 0.3 is 11.9 Å². The monoisotopic (exact) mass is 732 g/mol. The lowest BCUT2D eigenvalue weighted by atomic mass is 10.0. The number of carbonyl (C=O) groups is 2. The fraction of sp³-hybridized carbons (Fsp3) is 0.897. The lowest BCUT2D eigenvalue weighted by molar-refractivity contribution is -0.157. The van der Waals surface area contributed by atoms with Crippen molar-refractivity contribution in [2.24, 2.45) is 0 Å². The molecule has 0 amide bonds. The fourth-order valence-electron chi connectivity index (χ4n) is 5.59. The smallest absolute Gasteiger partial charge is 0.306 e. The van der Waals surface area contributed by atoms with Crippen LogP contribution in [0.2, 0.25) is 0 Å². The number of hydrogen-bond donors (Lipinski definition) is 0. The molecule has 0 heterocycles. The first-order chi connectivity index (χ1) is 21.6. The third kappa shape index (κ3) is 34.3. The zero-order valence-corrected chi connectivity index (χ0v) is 31.5. The molecule has 0 N–H and O–H groups in total. The predicted molar refractivity (Wildman–Crippen MR) is 199 cm³/mol. The topological polar surface area (TPSA) is 52.6 Å². The molecule has 0 rings (SSSR count). The van der Waals surface area contributed by atoms with Crippen LogP contribution in [0.25, 0.3) is 0 Å². The number of ether oxygens (including phenoxy) is 2. The highest BCUT2D eigenvalue weighted by Gasteiger charge is 2.15. The van der Waals surface area contributed by atoms with Gasteiger partial charge in [0.05, 0.1) is 0 Å². The van der Waals surface area contributed by atoms with Gasteiger partial charge in [-0.05, 0) is 38.5 Å². The number of halogens is 1. The molecule has 0 aromatic rings. The van der Waals surface area contributed by atoms with E-state index in [0.29, 0.717) is 17.3 Å². The van der Waals surface area contributed by atoms with E-state index >= 15 is 0 Å². The van der Waals surface area contributed by atoms with Crippen molar-refractivity contribution >= 4 is 34.5 Å². The van der Waals surface area contributed by atoms with Crippen LogP contribution in [0.4, 0.5) is 0 Å². The normalized spacial score (nSPS) is 12.2. The van der Waals surface area contributed by atoms with Crippen LogP contribution in [-0.4, -0.2) is 29.1 Å². The minimum absolute atomic E-state index is 0.158. The Bertz CT molecular complexity index is 636. The van der Waals surface area contributed by atoms with E-state index in [9.17, 15) is 9.59 Å². The summed E-state index contributed by atoms with van der Waals surface area (Å²) in [7, 11) is 0. The minimum Gasteiger partial charge on any atom is -0.462 e. The molecule has 0 aliphatic heterocycles. The average molecular weight is 733 g/mol. The van der Waals surface area contributed by atoms with Crippen LogP contribution in [0.1, 0.15) is 206 Å². The van der Waals surface area contributed by atoms with E-state index < -0.39 is 0 Å². The highest BCUT2D eigenvalue weighted by Crippen LogP contribution is 2.15. The molecule has 0 aliphatic rings. The summed E-state index contributed by atoms with van der Waals surface area (Å²) in [5.74, 6) is -0.328. The number of allylic oxidation sites excluding steroid dienone is 2. The second kappa shape index (κ2) is 36.9. The highest BCUT2D eigenvalue weighted by molar-refractivity contribution is 14.1. The predicted octanol–water partition coefficient (Wildman–Crippen LogP) is 13.2. The minimum atomic E-state index is -0.336. The Hall–Kier alpha value is -0.590. The quantitative estimate of drug-likeness (QED) is 0.0214. The molecule has 1 atom stereocenters. The molecule has 4 nitrogen and oxygen atoms in total. The van der Waals surface area contributed by atoms with Crippen LogP contribution < -0.4 is 0 Å². The Labute approximate surface area is 288 Å². The van der Waals surface area contributed by atoms with Gasteiger partial charge in [-0.1, -0.05) is 190 Å². The Morgan fingerprint density at radius 2 is 0.841 bits per heavy atom. The lowest BCUT2D eigenvalue weighted by Crippen LogP contribution is -2.26. The van der Waals surface area contributed by atoms with Gasteiger partial charge in [-0.3, -0.25) is 9.59 Å². The first kappa shape index (κ1) is 43.4. The van der Waals surface area contributed by atoms with E-state index in [-0.39, 0.29) is 24.6 Å². The van der Waals surface area contributed by atoms with Crippen LogP contribution in [0.5, 0.6) is 0 Å². The van der Waals surface area contributed by atoms with Gasteiger partial charge < -0.3 is 9.47 Å². The summed E-state index contributed by atoms with van der Waals surface area (Å²) >= 11 is 2.20. The summed E-state index contributed by atoms with van der Waals surface area (Å²) in [5, 5.41) is 0. The largest absolute Gasteiger partial charge is 0.462 e. The van der Waals surface area contributed by atoms with Crippen molar-refractivity contribution < 1.29 is 19.1 Å². The summed E-state index contributed by atoms with van der Waals surface area (Å²) < 4.78 is 11.6. The number of unbranched alkanes of at least 4 members (excludes halogenated alkanes) is 25. The van der Waals surface area contributed by atoms with Crippen molar-refractivity contribution in [3.8, 4) is 0 Å². The molecule has 0 saturated carbocycles. The van der Waals surface area contributed by atoms with E-state index in [1.807, 2.05) is 0 Å². The van der Waals surface area contributed by atoms with E-state index in [0.717, 1.165) is 25.7 Å². The number of carbonyl (C=O) groups excluding carboxylic acids is 2. The zero-order chi connectivity index (χ0) is 32.2. The first-order valence-corrected chi connectivity index (χ1v) is 20.7. The molecule has 0 fully saturated rings. The maximum Gasteiger partial charge on any atom is 0.306 e. The Morgan fingerprint density at radius 1 is 0.500 bits per heavy atom. The van der Waals surface area contributed by atoms with E-state index in [4.69, 9.17) is 9.47 Å². The third-order valence-corrected chi connectivity index (χ3v) is 9.51. The first-order valence-electron chi connectivity index (χ1n) is 19.2. The van der Waals surface area contributed by atoms with Crippen LogP contribution in [0, 0.1) is 0 Å². The van der Waals surface area contributed by atoms with Crippen molar-refractivity contribution in [1.82, 2.24) is 0 Å². The Balaban J connectivity index is 3.53. The van der Waals surface area contributed by atoms with Gasteiger partial charge in [-0.2, -0.15) is 0 Å². The van der Waals surface area contributed by atoms with Crippen molar-refractivity contribution in [3.63, 3.8) is 0 Å². The second-order valence-corrected chi connectivity index (χ2v) is 13.9. The second-order valence-electron chi connectivity index (χ2n) is 13.0.